The summed E-state index contributed by atoms with van der Waals surface area (Å²) in [5, 5.41) is 56.0. The van der Waals surface area contributed by atoms with Gasteiger partial charge in [0.15, 0.2) is 0 Å². The monoisotopic (exact) mass is 502 g/mol. The third-order valence-electron chi connectivity index (χ3n) is 6.68. The van der Waals surface area contributed by atoms with E-state index >= 15 is 0 Å². The zero-order valence-corrected chi connectivity index (χ0v) is 17.8. The summed E-state index contributed by atoms with van der Waals surface area (Å²) in [6.07, 6.45) is -3.08. The van der Waals surface area contributed by atoms with Gasteiger partial charge in [0.25, 0.3) is 0 Å². The van der Waals surface area contributed by atoms with Crippen molar-refractivity contribution in [3.8, 4) is 0 Å². The Morgan fingerprint density at radius 1 is 0.371 bits per heavy atom. The molecule has 2 aliphatic carbocycles. The lowest BCUT2D eigenvalue weighted by atomic mass is 9.67. The Labute approximate surface area is 195 Å². The number of aliphatic carboxylic acids is 6. The molecule has 2 saturated carbocycles. The van der Waals surface area contributed by atoms with E-state index in [1.165, 1.54) is 0 Å². The molecule has 0 aromatic carbocycles. The number of carboxylic acid groups (broad SMARTS) is 6. The third kappa shape index (κ3) is 5.73. The van der Waals surface area contributed by atoms with Crippen LogP contribution >= 0.6 is 0 Å². The molecule has 0 bridgehead atoms. The van der Waals surface area contributed by atoms with Crippen molar-refractivity contribution in [2.24, 2.45) is 47.3 Å². The highest BCUT2D eigenvalue weighted by Crippen LogP contribution is 2.42. The molecule has 2 aliphatic rings. The lowest BCUT2D eigenvalue weighted by molar-refractivity contribution is -0.180. The van der Waals surface area contributed by atoms with Gasteiger partial charge in [-0.05, 0) is 25.7 Å². The summed E-state index contributed by atoms with van der Waals surface area (Å²) in [6, 6.07) is 0. The number of rotatable bonds is 8. The number of hydrogen-bond donors (Lipinski definition) is 6. The van der Waals surface area contributed by atoms with Crippen LogP contribution in [-0.2, 0) is 43.1 Å². The van der Waals surface area contributed by atoms with E-state index in [4.69, 9.17) is 0 Å². The number of carbonyl (C=O) groups is 8. The second-order valence-electron chi connectivity index (χ2n) is 8.56. The fourth-order valence-corrected chi connectivity index (χ4v) is 4.82. The van der Waals surface area contributed by atoms with Crippen LogP contribution in [0, 0.1) is 47.3 Å². The number of carboxylic acids is 6. The average molecular weight is 502 g/mol. The third-order valence-corrected chi connectivity index (χ3v) is 6.68. The van der Waals surface area contributed by atoms with Gasteiger partial charge in [-0.3, -0.25) is 38.4 Å². The van der Waals surface area contributed by atoms with Gasteiger partial charge in [0.05, 0.1) is 47.3 Å². The van der Waals surface area contributed by atoms with Crippen LogP contribution in [0.4, 0.5) is 0 Å². The minimum Gasteiger partial charge on any atom is -0.481 e. The largest absolute Gasteiger partial charge is 0.481 e. The molecule has 8 unspecified atom stereocenters. The normalized spacial score (nSPS) is 32.6. The topological polar surface area (TPSA) is 267 Å². The van der Waals surface area contributed by atoms with E-state index in [0.717, 1.165) is 0 Å². The lowest BCUT2D eigenvalue weighted by Gasteiger charge is -2.36. The van der Waals surface area contributed by atoms with Crippen LogP contribution < -0.4 is 0 Å². The molecular formula is C20H22O15. The van der Waals surface area contributed by atoms with Gasteiger partial charge in [-0.1, -0.05) is 0 Å². The maximum absolute atomic E-state index is 12.7. The lowest BCUT2D eigenvalue weighted by Crippen LogP contribution is -2.48. The summed E-state index contributed by atoms with van der Waals surface area (Å²) in [5.74, 6) is -26.4. The smallest absolute Gasteiger partial charge is 0.317 e. The summed E-state index contributed by atoms with van der Waals surface area (Å²) in [5.41, 5.74) is 0. The summed E-state index contributed by atoms with van der Waals surface area (Å²) >= 11 is 0. The number of ether oxygens (including phenoxy) is 1. The van der Waals surface area contributed by atoms with Gasteiger partial charge in [-0.15, -0.1) is 0 Å². The molecule has 192 valence electrons. The zero-order valence-electron chi connectivity index (χ0n) is 17.8. The molecule has 0 aromatic heterocycles. The Hall–Kier alpha value is -4.04. The van der Waals surface area contributed by atoms with Gasteiger partial charge in [0.2, 0.25) is 0 Å². The molecule has 8 atom stereocenters. The summed E-state index contributed by atoms with van der Waals surface area (Å²) in [4.78, 5) is 94.3. The van der Waals surface area contributed by atoms with Gasteiger partial charge >= 0.3 is 47.8 Å². The number of carbonyl (C=O) groups excluding carboxylic acids is 2. The molecule has 15 nitrogen and oxygen atoms in total. The first-order valence-electron chi connectivity index (χ1n) is 10.3. The molecule has 2 rings (SSSR count). The Bertz CT molecular complexity index is 892. The van der Waals surface area contributed by atoms with E-state index in [9.17, 15) is 69.0 Å². The van der Waals surface area contributed by atoms with Crippen molar-refractivity contribution < 1.29 is 73.7 Å². The highest BCUT2D eigenvalue weighted by atomic mass is 16.6. The molecule has 0 heterocycles. The van der Waals surface area contributed by atoms with Crippen LogP contribution in [-0.4, -0.2) is 78.4 Å². The van der Waals surface area contributed by atoms with Gasteiger partial charge < -0.3 is 35.4 Å². The van der Waals surface area contributed by atoms with E-state index in [1.54, 1.807) is 0 Å². The van der Waals surface area contributed by atoms with Gasteiger partial charge in [0, 0.05) is 0 Å². The molecule has 35 heavy (non-hydrogen) atoms. The number of esters is 2. The highest BCUT2D eigenvalue weighted by molar-refractivity contribution is 5.94. The Morgan fingerprint density at radius 3 is 0.743 bits per heavy atom. The van der Waals surface area contributed by atoms with E-state index < -0.39 is 121 Å². The van der Waals surface area contributed by atoms with Crippen molar-refractivity contribution in [3.05, 3.63) is 0 Å². The SMILES string of the molecule is O=C(O)C1CC(C(=O)O)C(C(=O)OC(=O)C2CC(C(=O)O)C(C(=O)O)CC2C(=O)O)CC1C(=O)O. The van der Waals surface area contributed by atoms with Crippen LogP contribution in [0.25, 0.3) is 0 Å². The molecular weight excluding hydrogens is 480 g/mol. The molecule has 0 amide bonds. The maximum Gasteiger partial charge on any atom is 0.317 e. The standard InChI is InChI=1S/C20H22O15/c21-13(22)5-1-9(17(29)30)11(3-7(5)15(25)26)19(33)35-20(34)12-4-8(16(27)28)6(14(23)24)2-10(12)18(31)32/h5-12H,1-4H2,(H,21,22)(H,23,24)(H,25,26)(H,27,28)(H,29,30)(H,31,32). The average Bonchev–Trinajstić information content (AvgIpc) is 2.76. The molecule has 0 saturated heterocycles. The van der Waals surface area contributed by atoms with E-state index in [-0.39, 0.29) is 0 Å². The van der Waals surface area contributed by atoms with E-state index in [0.29, 0.717) is 0 Å². The predicted molar refractivity (Wildman–Crippen MR) is 103 cm³/mol. The maximum atomic E-state index is 12.7. The molecule has 0 aliphatic heterocycles. The predicted octanol–water partition coefficient (Wildman–Crippen LogP) is -0.919. The summed E-state index contributed by atoms with van der Waals surface area (Å²) in [7, 11) is 0. The first kappa shape index (κ1) is 27.2. The zero-order chi connectivity index (χ0) is 26.8. The second kappa shape index (κ2) is 10.5. The van der Waals surface area contributed by atoms with Crippen molar-refractivity contribution >= 4 is 47.8 Å². The van der Waals surface area contributed by atoms with Crippen molar-refractivity contribution in [2.45, 2.75) is 25.7 Å². The summed E-state index contributed by atoms with van der Waals surface area (Å²) in [6.45, 7) is 0. The second-order valence-corrected chi connectivity index (χ2v) is 8.56. The molecule has 0 radical (unpaired) electrons. The van der Waals surface area contributed by atoms with Crippen molar-refractivity contribution in [1.29, 1.82) is 0 Å². The molecule has 6 N–H and O–H groups in total. The fourth-order valence-electron chi connectivity index (χ4n) is 4.82. The molecule has 0 aromatic rings. The highest BCUT2D eigenvalue weighted by Gasteiger charge is 2.53. The Balaban J connectivity index is 2.30. The first-order chi connectivity index (χ1) is 16.2. The number of hydrogen-bond acceptors (Lipinski definition) is 9. The van der Waals surface area contributed by atoms with Crippen LogP contribution in [0.3, 0.4) is 0 Å². The molecule has 2 fully saturated rings. The fraction of sp³-hybridized carbons (Fsp3) is 0.600. The van der Waals surface area contributed by atoms with Crippen LogP contribution in [0.2, 0.25) is 0 Å². The van der Waals surface area contributed by atoms with Crippen LogP contribution in [0.15, 0.2) is 0 Å². The van der Waals surface area contributed by atoms with E-state index in [1.807, 2.05) is 0 Å². The quantitative estimate of drug-likeness (QED) is 0.173. The van der Waals surface area contributed by atoms with Crippen LogP contribution in [0.5, 0.6) is 0 Å². The Morgan fingerprint density at radius 2 is 0.543 bits per heavy atom. The van der Waals surface area contributed by atoms with Crippen molar-refractivity contribution in [2.75, 3.05) is 0 Å². The van der Waals surface area contributed by atoms with Crippen LogP contribution in [0.1, 0.15) is 25.7 Å². The van der Waals surface area contributed by atoms with E-state index in [2.05, 4.69) is 4.74 Å². The first-order valence-corrected chi connectivity index (χ1v) is 10.3. The Kier molecular flexibility index (Phi) is 8.15. The minimum atomic E-state index is -1.76. The van der Waals surface area contributed by atoms with Gasteiger partial charge in [-0.2, -0.15) is 0 Å². The summed E-state index contributed by atoms with van der Waals surface area (Å²) < 4.78 is 4.65. The van der Waals surface area contributed by atoms with Gasteiger partial charge in [-0.25, -0.2) is 0 Å². The van der Waals surface area contributed by atoms with Crippen molar-refractivity contribution in [1.82, 2.24) is 0 Å². The minimum absolute atomic E-state index is 0.752. The molecule has 0 spiro atoms. The van der Waals surface area contributed by atoms with Crippen molar-refractivity contribution in [3.63, 3.8) is 0 Å². The molecule has 15 heteroatoms. The van der Waals surface area contributed by atoms with Gasteiger partial charge in [0.1, 0.15) is 0 Å².